The van der Waals surface area contributed by atoms with Crippen molar-refractivity contribution in [2.45, 2.75) is 5.88 Å². The Hall–Kier alpha value is -1.84. The molecule has 0 amide bonds. The van der Waals surface area contributed by atoms with Gasteiger partial charge < -0.3 is 5.21 Å². The highest BCUT2D eigenvalue weighted by Crippen LogP contribution is 2.30. The van der Waals surface area contributed by atoms with Crippen molar-refractivity contribution in [3.05, 3.63) is 64.6 Å². The zero-order valence-electron chi connectivity index (χ0n) is 10.4. The zero-order valence-corrected chi connectivity index (χ0v) is 11.9. The summed E-state index contributed by atoms with van der Waals surface area (Å²) < 4.78 is 0.760. The molecule has 0 radical (unpaired) electrons. The number of fused-ring (bicyclic) bond motifs is 1. The minimum absolute atomic E-state index is 0.0474. The molecule has 0 bridgehead atoms. The Morgan fingerprint density at radius 1 is 1.05 bits per heavy atom. The fraction of sp³-hybridized carbons (Fsp3) is 0.0667. The normalized spacial score (nSPS) is 10.9. The molecule has 0 aliphatic heterocycles. The molecular weight excluding hydrogens is 295 g/mol. The summed E-state index contributed by atoms with van der Waals surface area (Å²) in [5, 5.41) is 13.8. The van der Waals surface area contributed by atoms with Crippen LogP contribution in [0.4, 0.5) is 0 Å². The minimum atomic E-state index is 0.0474. The van der Waals surface area contributed by atoms with E-state index in [1.54, 1.807) is 6.07 Å². The smallest absolute Gasteiger partial charge is 0.317 e. The number of rotatable bonds is 2. The topological polar surface area (TPSA) is 39.8 Å². The molecule has 0 fully saturated rings. The molecule has 100 valence electrons. The van der Waals surface area contributed by atoms with Crippen molar-refractivity contribution in [2.24, 2.45) is 0 Å². The Labute approximate surface area is 126 Å². The van der Waals surface area contributed by atoms with Gasteiger partial charge in [-0.25, -0.2) is 4.73 Å². The zero-order chi connectivity index (χ0) is 14.1. The van der Waals surface area contributed by atoms with Crippen LogP contribution in [-0.2, 0) is 5.88 Å². The molecule has 20 heavy (non-hydrogen) atoms. The molecule has 0 spiro atoms. The lowest BCUT2D eigenvalue weighted by atomic mass is 10.1. The number of hydrogen-bond acceptors (Lipinski definition) is 2. The summed E-state index contributed by atoms with van der Waals surface area (Å²) in [5.41, 5.74) is 1.89. The maximum absolute atomic E-state index is 12.5. The van der Waals surface area contributed by atoms with Gasteiger partial charge in [0.2, 0.25) is 0 Å². The second-order valence-corrected chi connectivity index (χ2v) is 4.98. The molecular formula is C15H10Cl2N2O. The third kappa shape index (κ3) is 2.09. The monoisotopic (exact) mass is 304 g/mol. The highest BCUT2D eigenvalue weighted by Gasteiger charge is 2.20. The van der Waals surface area contributed by atoms with E-state index in [0.29, 0.717) is 16.3 Å². The van der Waals surface area contributed by atoms with E-state index < -0.39 is 0 Å². The average molecular weight is 305 g/mol. The first-order valence-electron chi connectivity index (χ1n) is 6.04. The van der Waals surface area contributed by atoms with Gasteiger partial charge in [0.25, 0.3) is 0 Å². The maximum atomic E-state index is 12.5. The predicted molar refractivity (Wildman–Crippen MR) is 80.7 cm³/mol. The van der Waals surface area contributed by atoms with Crippen LogP contribution >= 0.6 is 23.2 Å². The van der Waals surface area contributed by atoms with Crippen LogP contribution in [0.5, 0.6) is 0 Å². The second-order valence-electron chi connectivity index (χ2n) is 4.30. The molecule has 0 aliphatic carbocycles. The summed E-state index contributed by atoms with van der Waals surface area (Å²) >= 11 is 12.0. The Balaban J connectivity index is 2.44. The summed E-state index contributed by atoms with van der Waals surface area (Å²) in [4.78, 5) is 4.28. The Morgan fingerprint density at radius 3 is 2.50 bits per heavy atom. The summed E-state index contributed by atoms with van der Waals surface area (Å²) in [5.74, 6) is 0.312. The first-order chi connectivity index (χ1) is 9.72. The number of aromatic nitrogens is 2. The summed E-state index contributed by atoms with van der Waals surface area (Å²) in [6.07, 6.45) is 0. The van der Waals surface area contributed by atoms with Gasteiger partial charge in [0.15, 0.2) is 11.2 Å². The fourth-order valence-electron chi connectivity index (χ4n) is 2.19. The van der Waals surface area contributed by atoms with E-state index in [1.807, 2.05) is 42.5 Å². The molecule has 0 saturated carbocycles. The number of benzene rings is 2. The van der Waals surface area contributed by atoms with Gasteiger partial charge in [0, 0.05) is 5.56 Å². The first kappa shape index (κ1) is 13.2. The van der Waals surface area contributed by atoms with Crippen LogP contribution in [0.1, 0.15) is 5.82 Å². The molecule has 0 N–H and O–H groups in total. The SMILES string of the molecule is [O-][n+]1c(CCl)nc2ccccc2c1-c1ccccc1Cl. The summed E-state index contributed by atoms with van der Waals surface area (Å²) in [6.45, 7) is 0. The molecule has 1 aromatic heterocycles. The van der Waals surface area contributed by atoms with Crippen LogP contribution in [-0.4, -0.2) is 4.98 Å². The molecule has 2 aromatic carbocycles. The maximum Gasteiger partial charge on any atom is 0.317 e. The van der Waals surface area contributed by atoms with Crippen molar-refractivity contribution in [1.29, 1.82) is 0 Å². The first-order valence-corrected chi connectivity index (χ1v) is 6.95. The van der Waals surface area contributed by atoms with Crippen molar-refractivity contribution in [3.63, 3.8) is 0 Å². The number of nitrogens with zero attached hydrogens (tertiary/aromatic N) is 2. The van der Waals surface area contributed by atoms with Crippen molar-refractivity contribution < 1.29 is 4.73 Å². The van der Waals surface area contributed by atoms with Gasteiger partial charge in [0.1, 0.15) is 5.88 Å². The lowest BCUT2D eigenvalue weighted by Crippen LogP contribution is -2.35. The highest BCUT2D eigenvalue weighted by atomic mass is 35.5. The van der Waals surface area contributed by atoms with Crippen LogP contribution in [0.2, 0.25) is 5.02 Å². The van der Waals surface area contributed by atoms with Crippen molar-refractivity contribution in [2.75, 3.05) is 0 Å². The number of hydrogen-bond donors (Lipinski definition) is 0. The second kappa shape index (κ2) is 5.27. The Morgan fingerprint density at radius 2 is 1.75 bits per heavy atom. The van der Waals surface area contributed by atoms with Crippen molar-refractivity contribution in [3.8, 4) is 11.3 Å². The van der Waals surface area contributed by atoms with E-state index in [-0.39, 0.29) is 11.7 Å². The van der Waals surface area contributed by atoms with Crippen LogP contribution in [0.15, 0.2) is 48.5 Å². The number of para-hydroxylation sites is 1. The van der Waals surface area contributed by atoms with E-state index >= 15 is 0 Å². The van der Waals surface area contributed by atoms with E-state index in [4.69, 9.17) is 23.2 Å². The van der Waals surface area contributed by atoms with Gasteiger partial charge in [-0.15, -0.1) is 11.6 Å². The number of halogens is 2. The molecule has 5 heteroatoms. The highest BCUT2D eigenvalue weighted by molar-refractivity contribution is 6.33. The lowest BCUT2D eigenvalue weighted by molar-refractivity contribution is -0.603. The molecule has 3 nitrogen and oxygen atoms in total. The Kier molecular flexibility index (Phi) is 3.47. The number of alkyl halides is 1. The van der Waals surface area contributed by atoms with E-state index in [2.05, 4.69) is 4.98 Å². The molecule has 3 aromatic rings. The third-order valence-corrected chi connectivity index (χ3v) is 3.66. The van der Waals surface area contributed by atoms with E-state index in [0.717, 1.165) is 15.6 Å². The molecule has 3 rings (SSSR count). The quantitative estimate of drug-likeness (QED) is 0.409. The van der Waals surface area contributed by atoms with Crippen molar-refractivity contribution in [1.82, 2.24) is 4.98 Å². The van der Waals surface area contributed by atoms with Crippen LogP contribution in [0.3, 0.4) is 0 Å². The Bertz CT molecular complexity index is 790. The standard InChI is InChI=1S/C15H10Cl2N2O/c16-9-14-18-13-8-4-2-6-11(13)15(19(14)20)10-5-1-3-7-12(10)17/h1-8H,9H2. The van der Waals surface area contributed by atoms with Crippen LogP contribution in [0, 0.1) is 5.21 Å². The molecule has 0 aliphatic rings. The van der Waals surface area contributed by atoms with E-state index in [9.17, 15) is 5.21 Å². The summed E-state index contributed by atoms with van der Waals surface area (Å²) in [6, 6.07) is 14.7. The largest absolute Gasteiger partial charge is 0.710 e. The summed E-state index contributed by atoms with van der Waals surface area (Å²) in [7, 11) is 0. The molecule has 0 unspecified atom stereocenters. The predicted octanol–water partition coefficient (Wildman–Crippen LogP) is 3.93. The van der Waals surface area contributed by atoms with Crippen LogP contribution < -0.4 is 4.73 Å². The van der Waals surface area contributed by atoms with E-state index in [1.165, 1.54) is 0 Å². The van der Waals surface area contributed by atoms with Gasteiger partial charge in [-0.05, 0) is 29.2 Å². The van der Waals surface area contributed by atoms with Crippen LogP contribution in [0.25, 0.3) is 22.2 Å². The third-order valence-electron chi connectivity index (χ3n) is 3.09. The van der Waals surface area contributed by atoms with Gasteiger partial charge >= 0.3 is 5.82 Å². The van der Waals surface area contributed by atoms with Gasteiger partial charge in [-0.1, -0.05) is 35.9 Å². The minimum Gasteiger partial charge on any atom is -0.710 e. The lowest BCUT2D eigenvalue weighted by Gasteiger charge is -2.14. The van der Waals surface area contributed by atoms with Gasteiger partial charge in [-0.2, -0.15) is 0 Å². The van der Waals surface area contributed by atoms with Gasteiger partial charge in [0.05, 0.1) is 10.4 Å². The molecule has 0 atom stereocenters. The van der Waals surface area contributed by atoms with Crippen molar-refractivity contribution >= 4 is 34.1 Å². The molecule has 0 saturated heterocycles. The fourth-order valence-corrected chi connectivity index (χ4v) is 2.58. The molecule has 1 heterocycles. The van der Waals surface area contributed by atoms with Gasteiger partial charge in [-0.3, -0.25) is 0 Å². The average Bonchev–Trinajstić information content (AvgIpc) is 2.48.